The number of rotatable bonds is 5. The summed E-state index contributed by atoms with van der Waals surface area (Å²) in [5.41, 5.74) is 3.07. The second kappa shape index (κ2) is 6.30. The minimum Gasteiger partial charge on any atom is -0.306 e. The molecule has 2 aromatic carbocycles. The van der Waals surface area contributed by atoms with Crippen LogP contribution in [-0.4, -0.2) is 4.92 Å². The largest absolute Gasteiger partial charge is 0.306 e. The lowest BCUT2D eigenvalue weighted by molar-refractivity contribution is -0.385. The van der Waals surface area contributed by atoms with Crippen molar-refractivity contribution in [1.82, 2.24) is 5.32 Å². The van der Waals surface area contributed by atoms with Gasteiger partial charge in [0.2, 0.25) is 0 Å². The van der Waals surface area contributed by atoms with E-state index in [1.807, 2.05) is 24.3 Å². The van der Waals surface area contributed by atoms with E-state index in [0.717, 1.165) is 11.1 Å². The fraction of sp³-hybridized carbons (Fsp3) is 0.250. The smallest absolute Gasteiger partial charge is 0.272 e. The molecule has 104 valence electrons. The van der Waals surface area contributed by atoms with Gasteiger partial charge in [-0.1, -0.05) is 42.5 Å². The summed E-state index contributed by atoms with van der Waals surface area (Å²) in [6.45, 7) is 4.49. The van der Waals surface area contributed by atoms with Crippen LogP contribution in [-0.2, 0) is 6.54 Å². The number of nitrogens with zero attached hydrogens (tertiary/aromatic N) is 1. The van der Waals surface area contributed by atoms with E-state index in [2.05, 4.69) is 24.4 Å². The van der Waals surface area contributed by atoms with Gasteiger partial charge in [-0.05, 0) is 25.0 Å². The van der Waals surface area contributed by atoms with Crippen LogP contribution in [0, 0.1) is 17.0 Å². The van der Waals surface area contributed by atoms with E-state index < -0.39 is 0 Å². The Morgan fingerprint density at radius 2 is 1.85 bits per heavy atom. The molecule has 0 radical (unpaired) electrons. The predicted octanol–water partition coefficient (Wildman–Crippen LogP) is 3.75. The zero-order valence-corrected chi connectivity index (χ0v) is 11.7. The Morgan fingerprint density at radius 3 is 2.50 bits per heavy atom. The Kier molecular flexibility index (Phi) is 4.48. The topological polar surface area (TPSA) is 55.2 Å². The Balaban J connectivity index is 2.08. The molecule has 4 heteroatoms. The molecule has 0 saturated heterocycles. The number of nitro groups is 1. The van der Waals surface area contributed by atoms with Gasteiger partial charge in [0, 0.05) is 24.2 Å². The Bertz CT molecular complexity index is 597. The molecule has 0 fully saturated rings. The van der Waals surface area contributed by atoms with Gasteiger partial charge in [0.1, 0.15) is 0 Å². The van der Waals surface area contributed by atoms with Crippen molar-refractivity contribution in [3.05, 3.63) is 75.3 Å². The van der Waals surface area contributed by atoms with Gasteiger partial charge in [0.25, 0.3) is 5.69 Å². The van der Waals surface area contributed by atoms with Crippen LogP contribution < -0.4 is 5.32 Å². The molecule has 0 heterocycles. The van der Waals surface area contributed by atoms with Crippen molar-refractivity contribution in [2.24, 2.45) is 0 Å². The van der Waals surface area contributed by atoms with Crippen molar-refractivity contribution in [2.75, 3.05) is 0 Å². The summed E-state index contributed by atoms with van der Waals surface area (Å²) in [6.07, 6.45) is 0. The first kappa shape index (κ1) is 14.2. The maximum absolute atomic E-state index is 10.9. The van der Waals surface area contributed by atoms with Crippen molar-refractivity contribution in [2.45, 2.75) is 26.4 Å². The predicted molar refractivity (Wildman–Crippen MR) is 79.5 cm³/mol. The highest BCUT2D eigenvalue weighted by Crippen LogP contribution is 2.21. The first-order valence-electron chi connectivity index (χ1n) is 6.61. The molecule has 0 bridgehead atoms. The third-order valence-electron chi connectivity index (χ3n) is 3.51. The van der Waals surface area contributed by atoms with Gasteiger partial charge in [-0.3, -0.25) is 10.1 Å². The molecule has 2 aromatic rings. The molecule has 1 N–H and O–H groups in total. The van der Waals surface area contributed by atoms with E-state index in [9.17, 15) is 10.1 Å². The van der Waals surface area contributed by atoms with Gasteiger partial charge >= 0.3 is 0 Å². The van der Waals surface area contributed by atoms with Gasteiger partial charge in [-0.25, -0.2) is 0 Å². The van der Waals surface area contributed by atoms with Crippen molar-refractivity contribution in [3.63, 3.8) is 0 Å². The average molecular weight is 270 g/mol. The monoisotopic (exact) mass is 270 g/mol. The first-order chi connectivity index (χ1) is 9.59. The zero-order chi connectivity index (χ0) is 14.5. The summed E-state index contributed by atoms with van der Waals surface area (Å²) >= 11 is 0. The normalized spacial score (nSPS) is 12.1. The lowest BCUT2D eigenvalue weighted by atomic mass is 10.1. The summed E-state index contributed by atoms with van der Waals surface area (Å²) in [5, 5.41) is 14.3. The Hall–Kier alpha value is -2.20. The van der Waals surface area contributed by atoms with Crippen molar-refractivity contribution < 1.29 is 4.92 Å². The highest BCUT2D eigenvalue weighted by molar-refractivity contribution is 5.44. The maximum atomic E-state index is 10.9. The second-order valence-corrected chi connectivity index (χ2v) is 4.83. The standard InChI is InChI=1S/C16H18N2O2/c1-12-15(9-6-10-16(12)18(19)20)11-17-13(2)14-7-4-3-5-8-14/h3-10,13,17H,11H2,1-2H3/t13-/m1/s1. The average Bonchev–Trinajstić information content (AvgIpc) is 2.46. The van der Waals surface area contributed by atoms with Gasteiger partial charge in [0.05, 0.1) is 4.92 Å². The molecule has 4 nitrogen and oxygen atoms in total. The molecule has 0 unspecified atom stereocenters. The Morgan fingerprint density at radius 1 is 1.15 bits per heavy atom. The first-order valence-corrected chi connectivity index (χ1v) is 6.61. The van der Waals surface area contributed by atoms with Gasteiger partial charge in [-0.15, -0.1) is 0 Å². The lowest BCUT2D eigenvalue weighted by Gasteiger charge is -2.15. The number of hydrogen-bond acceptors (Lipinski definition) is 3. The summed E-state index contributed by atoms with van der Waals surface area (Å²) in [7, 11) is 0. The molecule has 0 aromatic heterocycles. The summed E-state index contributed by atoms with van der Waals surface area (Å²) in [4.78, 5) is 10.6. The third kappa shape index (κ3) is 3.22. The SMILES string of the molecule is Cc1c(CN[C@H](C)c2ccccc2)cccc1[N+](=O)[O-]. The van der Waals surface area contributed by atoms with Crippen LogP contribution in [0.2, 0.25) is 0 Å². The van der Waals surface area contributed by atoms with Gasteiger partial charge < -0.3 is 5.32 Å². The summed E-state index contributed by atoms with van der Waals surface area (Å²) in [6, 6.07) is 15.5. The highest BCUT2D eigenvalue weighted by Gasteiger charge is 2.13. The van der Waals surface area contributed by atoms with E-state index in [1.165, 1.54) is 5.56 Å². The summed E-state index contributed by atoms with van der Waals surface area (Å²) in [5.74, 6) is 0. The van der Waals surface area contributed by atoms with Crippen LogP contribution in [0.1, 0.15) is 29.7 Å². The van der Waals surface area contributed by atoms with E-state index >= 15 is 0 Å². The molecule has 20 heavy (non-hydrogen) atoms. The Labute approximate surface area is 118 Å². The van der Waals surface area contributed by atoms with Gasteiger partial charge in [0.15, 0.2) is 0 Å². The number of nitro benzene ring substituents is 1. The third-order valence-corrected chi connectivity index (χ3v) is 3.51. The molecule has 0 aliphatic carbocycles. The van der Waals surface area contributed by atoms with Crippen molar-refractivity contribution >= 4 is 5.69 Å². The van der Waals surface area contributed by atoms with Crippen LogP contribution >= 0.6 is 0 Å². The second-order valence-electron chi connectivity index (χ2n) is 4.83. The molecule has 0 amide bonds. The fourth-order valence-corrected chi connectivity index (χ4v) is 2.18. The zero-order valence-electron chi connectivity index (χ0n) is 11.7. The van der Waals surface area contributed by atoms with E-state index in [-0.39, 0.29) is 16.7 Å². The molecule has 0 spiro atoms. The van der Waals surface area contributed by atoms with E-state index in [0.29, 0.717) is 6.54 Å². The molecule has 1 atom stereocenters. The van der Waals surface area contributed by atoms with Crippen LogP contribution in [0.15, 0.2) is 48.5 Å². The quantitative estimate of drug-likeness (QED) is 0.665. The number of nitrogens with one attached hydrogen (secondary N) is 1. The highest BCUT2D eigenvalue weighted by atomic mass is 16.6. The molecule has 0 aliphatic rings. The molecular weight excluding hydrogens is 252 g/mol. The van der Waals surface area contributed by atoms with E-state index in [1.54, 1.807) is 19.1 Å². The molecule has 0 aliphatic heterocycles. The molecular formula is C16H18N2O2. The lowest BCUT2D eigenvalue weighted by Crippen LogP contribution is -2.18. The van der Waals surface area contributed by atoms with Crippen LogP contribution in [0.25, 0.3) is 0 Å². The molecule has 2 rings (SSSR count). The number of benzene rings is 2. The minimum atomic E-state index is -0.334. The van der Waals surface area contributed by atoms with Crippen molar-refractivity contribution in [3.8, 4) is 0 Å². The summed E-state index contributed by atoms with van der Waals surface area (Å²) < 4.78 is 0. The number of hydrogen-bond donors (Lipinski definition) is 1. The van der Waals surface area contributed by atoms with E-state index in [4.69, 9.17) is 0 Å². The fourth-order valence-electron chi connectivity index (χ4n) is 2.18. The maximum Gasteiger partial charge on any atom is 0.272 e. The van der Waals surface area contributed by atoms with Crippen molar-refractivity contribution in [1.29, 1.82) is 0 Å². The van der Waals surface area contributed by atoms with Crippen LogP contribution in [0.4, 0.5) is 5.69 Å². The molecule has 0 saturated carbocycles. The van der Waals surface area contributed by atoms with Crippen LogP contribution in [0.5, 0.6) is 0 Å². The van der Waals surface area contributed by atoms with Gasteiger partial charge in [-0.2, -0.15) is 0 Å². The van der Waals surface area contributed by atoms with Crippen LogP contribution in [0.3, 0.4) is 0 Å². The minimum absolute atomic E-state index is 0.177.